The van der Waals surface area contributed by atoms with Gasteiger partial charge in [0.25, 0.3) is 11.8 Å². The van der Waals surface area contributed by atoms with Crippen LogP contribution >= 0.6 is 11.3 Å². The second-order valence-corrected chi connectivity index (χ2v) is 8.07. The van der Waals surface area contributed by atoms with Gasteiger partial charge in [0.1, 0.15) is 0 Å². The number of piperazine rings is 1. The van der Waals surface area contributed by atoms with E-state index >= 15 is 0 Å². The van der Waals surface area contributed by atoms with Gasteiger partial charge < -0.3 is 15.1 Å². The highest BCUT2D eigenvalue weighted by Gasteiger charge is 2.22. The topological polar surface area (TPSA) is 52.7 Å². The third-order valence-electron chi connectivity index (χ3n) is 5.07. The van der Waals surface area contributed by atoms with Crippen molar-refractivity contribution in [2.75, 3.05) is 36.4 Å². The van der Waals surface area contributed by atoms with Crippen molar-refractivity contribution in [3.8, 4) is 0 Å². The lowest BCUT2D eigenvalue weighted by Gasteiger charge is -2.36. The fourth-order valence-corrected chi connectivity index (χ4v) is 4.16. The maximum absolute atomic E-state index is 12.5. The number of aryl methyl sites for hydroxylation is 1. The lowest BCUT2D eigenvalue weighted by Crippen LogP contribution is -2.48. The van der Waals surface area contributed by atoms with E-state index in [1.54, 1.807) is 0 Å². The molecular weight excluding hydrogens is 382 g/mol. The Labute approximate surface area is 174 Å². The molecule has 1 aliphatic rings. The molecule has 2 heterocycles. The number of thiophene rings is 1. The van der Waals surface area contributed by atoms with Crippen molar-refractivity contribution < 1.29 is 9.59 Å². The van der Waals surface area contributed by atoms with Crippen molar-refractivity contribution in [2.45, 2.75) is 6.92 Å². The molecule has 0 atom stereocenters. The van der Waals surface area contributed by atoms with Gasteiger partial charge in [0.05, 0.1) is 4.88 Å². The van der Waals surface area contributed by atoms with E-state index in [-0.39, 0.29) is 11.8 Å². The van der Waals surface area contributed by atoms with E-state index in [4.69, 9.17) is 0 Å². The Morgan fingerprint density at radius 2 is 1.69 bits per heavy atom. The van der Waals surface area contributed by atoms with E-state index in [2.05, 4.69) is 10.2 Å². The Hall–Kier alpha value is -3.12. The molecule has 1 fully saturated rings. The van der Waals surface area contributed by atoms with E-state index in [0.717, 1.165) is 34.9 Å². The number of amides is 2. The van der Waals surface area contributed by atoms with Gasteiger partial charge in [0.2, 0.25) is 0 Å². The van der Waals surface area contributed by atoms with Crippen LogP contribution in [0.3, 0.4) is 0 Å². The summed E-state index contributed by atoms with van der Waals surface area (Å²) in [4.78, 5) is 29.8. The van der Waals surface area contributed by atoms with Crippen molar-refractivity contribution in [1.29, 1.82) is 0 Å². The fourth-order valence-electron chi connectivity index (χ4n) is 3.47. The second-order valence-electron chi connectivity index (χ2n) is 7.13. The molecule has 1 N–H and O–H groups in total. The van der Waals surface area contributed by atoms with Crippen LogP contribution < -0.4 is 10.2 Å². The lowest BCUT2D eigenvalue weighted by atomic mass is 10.1. The highest BCUT2D eigenvalue weighted by molar-refractivity contribution is 7.12. The minimum atomic E-state index is -0.109. The van der Waals surface area contributed by atoms with E-state index in [0.29, 0.717) is 18.7 Å². The molecule has 2 aromatic carbocycles. The summed E-state index contributed by atoms with van der Waals surface area (Å²) in [5, 5.41) is 4.88. The van der Waals surface area contributed by atoms with Gasteiger partial charge in [-0.1, -0.05) is 23.8 Å². The number of benzene rings is 2. The summed E-state index contributed by atoms with van der Waals surface area (Å²) in [6.45, 7) is 4.99. The van der Waals surface area contributed by atoms with E-state index in [1.165, 1.54) is 11.3 Å². The van der Waals surface area contributed by atoms with Gasteiger partial charge >= 0.3 is 0 Å². The van der Waals surface area contributed by atoms with Crippen LogP contribution in [0.25, 0.3) is 0 Å². The average Bonchev–Trinajstić information content (AvgIpc) is 3.29. The smallest absolute Gasteiger partial charge is 0.264 e. The van der Waals surface area contributed by atoms with Gasteiger partial charge in [0.15, 0.2) is 0 Å². The number of hydrogen-bond acceptors (Lipinski definition) is 4. The number of rotatable bonds is 4. The van der Waals surface area contributed by atoms with Crippen LogP contribution in [-0.4, -0.2) is 42.9 Å². The predicted molar refractivity (Wildman–Crippen MR) is 118 cm³/mol. The number of carbonyl (C=O) groups is 2. The molecule has 0 radical (unpaired) electrons. The summed E-state index contributed by atoms with van der Waals surface area (Å²) >= 11 is 1.49. The van der Waals surface area contributed by atoms with Crippen LogP contribution in [0.1, 0.15) is 25.6 Å². The Morgan fingerprint density at radius 3 is 2.34 bits per heavy atom. The van der Waals surface area contributed by atoms with E-state index < -0.39 is 0 Å². The number of nitrogens with zero attached hydrogens (tertiary/aromatic N) is 2. The molecule has 5 nitrogen and oxygen atoms in total. The summed E-state index contributed by atoms with van der Waals surface area (Å²) in [5.41, 5.74) is 3.58. The predicted octanol–water partition coefficient (Wildman–Crippen LogP) is 4.27. The van der Waals surface area contributed by atoms with Gasteiger partial charge in [0, 0.05) is 43.1 Å². The van der Waals surface area contributed by atoms with Gasteiger partial charge in [-0.05, 0) is 54.8 Å². The van der Waals surface area contributed by atoms with E-state index in [9.17, 15) is 9.59 Å². The quantitative estimate of drug-likeness (QED) is 0.705. The molecule has 4 rings (SSSR count). The van der Waals surface area contributed by atoms with Crippen molar-refractivity contribution in [3.05, 3.63) is 82.0 Å². The minimum absolute atomic E-state index is 0.109. The number of carbonyl (C=O) groups excluding carboxylic acids is 2. The Morgan fingerprint density at radius 1 is 0.931 bits per heavy atom. The second kappa shape index (κ2) is 8.49. The third-order valence-corrected chi connectivity index (χ3v) is 5.93. The monoisotopic (exact) mass is 405 g/mol. The van der Waals surface area contributed by atoms with Gasteiger partial charge in [-0.15, -0.1) is 11.3 Å². The average molecular weight is 406 g/mol. The van der Waals surface area contributed by atoms with Gasteiger partial charge in [-0.2, -0.15) is 0 Å². The molecular formula is C23H23N3O2S. The maximum atomic E-state index is 12.5. The number of hydrogen-bond donors (Lipinski definition) is 1. The molecule has 0 spiro atoms. The molecule has 1 aliphatic heterocycles. The molecule has 148 valence electrons. The fraction of sp³-hybridized carbons (Fsp3) is 0.217. The summed E-state index contributed by atoms with van der Waals surface area (Å²) in [6.07, 6.45) is 0. The van der Waals surface area contributed by atoms with E-state index in [1.807, 2.05) is 77.9 Å². The standard InChI is InChI=1S/C23H23N3O2S/c1-17-4-2-5-18(16-17)22(27)24-19-7-9-20(10-8-19)25-11-13-26(14-12-25)23(28)21-6-3-15-29-21/h2-10,15-16H,11-14H2,1H3,(H,24,27). The maximum Gasteiger partial charge on any atom is 0.264 e. The van der Waals surface area contributed by atoms with Crippen LogP contribution in [0, 0.1) is 6.92 Å². The number of anilines is 2. The highest BCUT2D eigenvalue weighted by atomic mass is 32.1. The molecule has 0 unspecified atom stereocenters. The molecule has 1 aromatic heterocycles. The normalized spacial score (nSPS) is 14.0. The van der Waals surface area contributed by atoms with Crippen molar-refractivity contribution in [2.24, 2.45) is 0 Å². The zero-order valence-electron chi connectivity index (χ0n) is 16.3. The Bertz CT molecular complexity index is 991. The lowest BCUT2D eigenvalue weighted by molar-refractivity contribution is 0.0751. The molecule has 0 bridgehead atoms. The summed E-state index contributed by atoms with van der Waals surface area (Å²) in [7, 11) is 0. The molecule has 3 aromatic rings. The molecule has 6 heteroatoms. The molecule has 2 amide bonds. The first-order chi connectivity index (χ1) is 14.1. The summed E-state index contributed by atoms with van der Waals surface area (Å²) < 4.78 is 0. The third kappa shape index (κ3) is 4.49. The molecule has 0 aliphatic carbocycles. The first-order valence-corrected chi connectivity index (χ1v) is 10.5. The van der Waals surface area contributed by atoms with Crippen molar-refractivity contribution >= 4 is 34.5 Å². The van der Waals surface area contributed by atoms with Crippen LogP contribution in [0.15, 0.2) is 66.0 Å². The summed E-state index contributed by atoms with van der Waals surface area (Å²) in [5.74, 6) is 0.0102. The van der Waals surface area contributed by atoms with Crippen molar-refractivity contribution in [3.63, 3.8) is 0 Å². The largest absolute Gasteiger partial charge is 0.368 e. The summed E-state index contributed by atoms with van der Waals surface area (Å²) in [6, 6.07) is 19.2. The van der Waals surface area contributed by atoms with Crippen LogP contribution in [0.5, 0.6) is 0 Å². The molecule has 29 heavy (non-hydrogen) atoms. The SMILES string of the molecule is Cc1cccc(C(=O)Nc2ccc(N3CCN(C(=O)c4cccs4)CC3)cc2)c1. The van der Waals surface area contributed by atoms with Crippen LogP contribution in [0.2, 0.25) is 0 Å². The van der Waals surface area contributed by atoms with Gasteiger partial charge in [-0.3, -0.25) is 9.59 Å². The Kier molecular flexibility index (Phi) is 5.62. The highest BCUT2D eigenvalue weighted by Crippen LogP contribution is 2.21. The van der Waals surface area contributed by atoms with Crippen LogP contribution in [-0.2, 0) is 0 Å². The van der Waals surface area contributed by atoms with Crippen molar-refractivity contribution in [1.82, 2.24) is 4.90 Å². The van der Waals surface area contributed by atoms with Crippen LogP contribution in [0.4, 0.5) is 11.4 Å². The minimum Gasteiger partial charge on any atom is -0.368 e. The number of nitrogens with one attached hydrogen (secondary N) is 1. The molecule has 0 saturated carbocycles. The Balaban J connectivity index is 1.34. The first kappa shape index (κ1) is 19.2. The zero-order chi connectivity index (χ0) is 20.2. The first-order valence-electron chi connectivity index (χ1n) is 9.66. The molecule has 1 saturated heterocycles. The van der Waals surface area contributed by atoms with Gasteiger partial charge in [-0.25, -0.2) is 0 Å². The zero-order valence-corrected chi connectivity index (χ0v) is 17.1.